The third-order valence-corrected chi connectivity index (χ3v) is 2.94. The molecule has 1 rings (SSSR count). The van der Waals surface area contributed by atoms with E-state index in [1.54, 1.807) is 0 Å². The standard InChI is InChI=1S/C14H22OS.Pd/c1-13(2,3)10-7-9(16)8-11(12(10)15)14(4,5)6;/h7-8,15-16H,1-6H3;/p-1. The molecule has 17 heavy (non-hydrogen) atoms. The molecule has 0 heterocycles. The van der Waals surface area contributed by atoms with Gasteiger partial charge in [-0.15, -0.1) is 0 Å². The molecule has 0 unspecified atom stereocenters. The first kappa shape index (κ1) is 16.9. The van der Waals surface area contributed by atoms with Crippen LogP contribution in [0.25, 0.3) is 0 Å². The van der Waals surface area contributed by atoms with Crippen LogP contribution in [0.3, 0.4) is 0 Å². The molecule has 0 spiro atoms. The Kier molecular flexibility index (Phi) is 5.23. The van der Waals surface area contributed by atoms with Crippen molar-refractivity contribution in [1.82, 2.24) is 0 Å². The number of hydrogen-bond acceptors (Lipinski definition) is 2. The summed E-state index contributed by atoms with van der Waals surface area (Å²) >= 11 is 5.27. The third-order valence-electron chi connectivity index (χ3n) is 2.70. The Bertz CT molecular complexity index is 365. The van der Waals surface area contributed by atoms with Gasteiger partial charge in [0.25, 0.3) is 0 Å². The third kappa shape index (κ3) is 3.95. The van der Waals surface area contributed by atoms with Gasteiger partial charge in [0, 0.05) is 20.4 Å². The number of phenols is 1. The van der Waals surface area contributed by atoms with Crippen LogP contribution in [0.5, 0.6) is 5.75 Å². The first-order valence-corrected chi connectivity index (χ1v) is 5.99. The largest absolute Gasteiger partial charge is 0.780 e. The van der Waals surface area contributed by atoms with E-state index in [1.807, 2.05) is 12.1 Å². The molecule has 0 atom stereocenters. The van der Waals surface area contributed by atoms with E-state index in [-0.39, 0.29) is 31.3 Å². The molecule has 100 valence electrons. The fraction of sp³-hybridized carbons (Fsp3) is 0.571. The number of phenolic OH excluding ortho intramolecular Hbond substituents is 1. The summed E-state index contributed by atoms with van der Waals surface area (Å²) in [6.45, 7) is 12.5. The Balaban J connectivity index is 0.00000256. The molecule has 1 aromatic rings. The van der Waals surface area contributed by atoms with Gasteiger partial charge in [-0.05, 0) is 22.0 Å². The second-order valence-electron chi connectivity index (χ2n) is 6.37. The Labute approximate surface area is 124 Å². The van der Waals surface area contributed by atoms with Gasteiger partial charge < -0.3 is 17.7 Å². The predicted molar refractivity (Wildman–Crippen MR) is 71.1 cm³/mol. The van der Waals surface area contributed by atoms with Crippen LogP contribution >= 0.6 is 0 Å². The SMILES string of the molecule is CC(C)(C)c1cc([S-])cc(C(C)(C)C)c1O.[Pd]. The summed E-state index contributed by atoms with van der Waals surface area (Å²) in [4.78, 5) is 0.799. The molecule has 1 N–H and O–H groups in total. The van der Waals surface area contributed by atoms with Crippen LogP contribution in [-0.2, 0) is 43.9 Å². The van der Waals surface area contributed by atoms with Gasteiger partial charge in [-0.1, -0.05) is 53.7 Å². The summed E-state index contributed by atoms with van der Waals surface area (Å²) in [7, 11) is 0. The monoisotopic (exact) mass is 343 g/mol. The van der Waals surface area contributed by atoms with E-state index in [4.69, 9.17) is 12.6 Å². The average Bonchev–Trinajstić information content (AvgIpc) is 2.04. The summed E-state index contributed by atoms with van der Waals surface area (Å²) in [5.74, 6) is 0.397. The topological polar surface area (TPSA) is 20.2 Å². The quantitative estimate of drug-likeness (QED) is 0.569. The van der Waals surface area contributed by atoms with Crippen LogP contribution in [0.2, 0.25) is 0 Å². The van der Waals surface area contributed by atoms with Gasteiger partial charge in [0.15, 0.2) is 0 Å². The minimum Gasteiger partial charge on any atom is -0.780 e. The van der Waals surface area contributed by atoms with Gasteiger partial charge in [-0.3, -0.25) is 0 Å². The van der Waals surface area contributed by atoms with Gasteiger partial charge in [0.1, 0.15) is 5.75 Å². The zero-order valence-corrected chi connectivity index (χ0v) is 13.7. The van der Waals surface area contributed by atoms with Crippen molar-refractivity contribution < 1.29 is 25.5 Å². The molecule has 0 saturated heterocycles. The summed E-state index contributed by atoms with van der Waals surface area (Å²) in [6.07, 6.45) is 0. The molecule has 0 aliphatic rings. The zero-order chi connectivity index (χ0) is 12.7. The van der Waals surface area contributed by atoms with Crippen LogP contribution in [0.15, 0.2) is 17.0 Å². The van der Waals surface area contributed by atoms with E-state index in [2.05, 4.69) is 41.5 Å². The minimum absolute atomic E-state index is 0. The molecule has 0 amide bonds. The maximum Gasteiger partial charge on any atom is 0.122 e. The molecule has 1 aromatic carbocycles. The summed E-state index contributed by atoms with van der Waals surface area (Å²) < 4.78 is 0. The van der Waals surface area contributed by atoms with Crippen LogP contribution in [0.1, 0.15) is 52.7 Å². The Hall–Kier alpha value is -0.0977. The van der Waals surface area contributed by atoms with Crippen molar-refractivity contribution in [2.24, 2.45) is 0 Å². The molecule has 0 aliphatic carbocycles. The van der Waals surface area contributed by atoms with Gasteiger partial charge in [-0.25, -0.2) is 0 Å². The van der Waals surface area contributed by atoms with Crippen molar-refractivity contribution in [3.05, 3.63) is 23.3 Å². The summed E-state index contributed by atoms with van der Waals surface area (Å²) in [6, 6.07) is 3.81. The normalized spacial score (nSPS) is 12.1. The fourth-order valence-corrected chi connectivity index (χ4v) is 1.99. The van der Waals surface area contributed by atoms with E-state index < -0.39 is 0 Å². The molecule has 3 heteroatoms. The van der Waals surface area contributed by atoms with E-state index in [9.17, 15) is 5.11 Å². The second kappa shape index (κ2) is 5.26. The van der Waals surface area contributed by atoms with Gasteiger partial charge >= 0.3 is 0 Å². The number of hydrogen-bond donors (Lipinski definition) is 1. The van der Waals surface area contributed by atoms with Gasteiger partial charge in [0.2, 0.25) is 0 Å². The number of aromatic hydroxyl groups is 1. The van der Waals surface area contributed by atoms with Crippen molar-refractivity contribution in [3.63, 3.8) is 0 Å². The van der Waals surface area contributed by atoms with Crippen molar-refractivity contribution in [1.29, 1.82) is 0 Å². The predicted octanol–water partition coefficient (Wildman–Crippen LogP) is 3.89. The van der Waals surface area contributed by atoms with Crippen molar-refractivity contribution in [2.45, 2.75) is 57.3 Å². The van der Waals surface area contributed by atoms with Crippen LogP contribution < -0.4 is 0 Å². The van der Waals surface area contributed by atoms with Crippen LogP contribution in [-0.4, -0.2) is 5.11 Å². The fourth-order valence-electron chi connectivity index (χ4n) is 1.75. The van der Waals surface area contributed by atoms with E-state index in [1.165, 1.54) is 0 Å². The van der Waals surface area contributed by atoms with Gasteiger partial charge in [0.05, 0.1) is 0 Å². The van der Waals surface area contributed by atoms with Crippen LogP contribution in [0.4, 0.5) is 0 Å². The average molecular weight is 344 g/mol. The maximum absolute atomic E-state index is 10.3. The van der Waals surface area contributed by atoms with Crippen molar-refractivity contribution in [3.8, 4) is 5.75 Å². The molecule has 1 nitrogen and oxygen atoms in total. The van der Waals surface area contributed by atoms with E-state index in [0.717, 1.165) is 16.0 Å². The Morgan fingerprint density at radius 3 is 1.41 bits per heavy atom. The first-order chi connectivity index (χ1) is 7.03. The minimum atomic E-state index is -0.0844. The first-order valence-electron chi connectivity index (χ1n) is 5.58. The summed E-state index contributed by atoms with van der Waals surface area (Å²) in [5.41, 5.74) is 1.70. The molecular formula is C14H21OPdS-. The van der Waals surface area contributed by atoms with Crippen molar-refractivity contribution >= 4 is 12.6 Å². The zero-order valence-electron chi connectivity index (χ0n) is 11.3. The molecule has 0 fully saturated rings. The van der Waals surface area contributed by atoms with Crippen molar-refractivity contribution in [2.75, 3.05) is 0 Å². The number of rotatable bonds is 0. The molecule has 0 saturated carbocycles. The number of benzene rings is 1. The summed E-state index contributed by atoms with van der Waals surface area (Å²) in [5, 5.41) is 10.3. The molecular weight excluding hydrogens is 323 g/mol. The Morgan fingerprint density at radius 2 is 1.18 bits per heavy atom. The van der Waals surface area contributed by atoms with Crippen LogP contribution in [0, 0.1) is 0 Å². The molecule has 0 aliphatic heterocycles. The molecule has 0 bridgehead atoms. The smallest absolute Gasteiger partial charge is 0.122 e. The molecule has 0 radical (unpaired) electrons. The maximum atomic E-state index is 10.3. The molecule has 0 aromatic heterocycles. The van der Waals surface area contributed by atoms with E-state index in [0.29, 0.717) is 5.75 Å². The van der Waals surface area contributed by atoms with E-state index >= 15 is 0 Å². The second-order valence-corrected chi connectivity index (χ2v) is 6.84. The van der Waals surface area contributed by atoms with Gasteiger partial charge in [-0.2, -0.15) is 4.90 Å². The Morgan fingerprint density at radius 1 is 0.882 bits per heavy atom.